The van der Waals surface area contributed by atoms with Gasteiger partial charge < -0.3 is 15.1 Å². The first-order chi connectivity index (χ1) is 11.5. The van der Waals surface area contributed by atoms with Crippen LogP contribution >= 0.6 is 11.6 Å². The number of hydrogen-bond donors (Lipinski definition) is 1. The lowest BCUT2D eigenvalue weighted by molar-refractivity contribution is -0.384. The monoisotopic (exact) mass is 352 g/mol. The highest BCUT2D eigenvalue weighted by Crippen LogP contribution is 2.35. The van der Waals surface area contributed by atoms with Crippen LogP contribution in [-0.4, -0.2) is 48.1 Å². The van der Waals surface area contributed by atoms with Crippen LogP contribution in [-0.2, 0) is 0 Å². The van der Waals surface area contributed by atoms with Crippen molar-refractivity contribution < 1.29 is 9.72 Å². The fourth-order valence-corrected chi connectivity index (χ4v) is 4.00. The van der Waals surface area contributed by atoms with E-state index in [1.165, 1.54) is 6.07 Å². The van der Waals surface area contributed by atoms with Crippen molar-refractivity contribution in [2.24, 2.45) is 0 Å². The van der Waals surface area contributed by atoms with Crippen molar-refractivity contribution in [3.8, 4) is 0 Å². The minimum Gasteiger partial charge on any atom is -0.370 e. The highest BCUT2D eigenvalue weighted by atomic mass is 35.5. The molecule has 0 bridgehead atoms. The molecule has 24 heavy (non-hydrogen) atoms. The molecule has 2 saturated heterocycles. The summed E-state index contributed by atoms with van der Waals surface area (Å²) < 4.78 is 0. The standard InChI is InChI=1S/C16H21ClN4O3/c1-11-9-13(21(23)24)10-14(17)15(11)19-7-3-12(4-8-19)20-6-2-5-18-16(20)22/h9-10,12H,2-8H2,1H3,(H,18,22). The molecule has 0 aliphatic carbocycles. The first-order valence-corrected chi connectivity index (χ1v) is 8.59. The molecule has 130 valence electrons. The zero-order valence-electron chi connectivity index (χ0n) is 13.6. The Labute approximate surface area is 145 Å². The van der Waals surface area contributed by atoms with Crippen molar-refractivity contribution in [2.45, 2.75) is 32.2 Å². The summed E-state index contributed by atoms with van der Waals surface area (Å²) in [5, 5.41) is 14.2. The number of rotatable bonds is 3. The van der Waals surface area contributed by atoms with Crippen LogP contribution in [0.5, 0.6) is 0 Å². The number of carbonyl (C=O) groups excluding carboxylic acids is 1. The molecule has 0 unspecified atom stereocenters. The largest absolute Gasteiger partial charge is 0.370 e. The van der Waals surface area contributed by atoms with Gasteiger partial charge in [0.2, 0.25) is 0 Å². The van der Waals surface area contributed by atoms with Gasteiger partial charge in [-0.2, -0.15) is 0 Å². The fourth-order valence-electron chi connectivity index (χ4n) is 3.62. The van der Waals surface area contributed by atoms with Gasteiger partial charge in [0, 0.05) is 44.4 Å². The molecule has 0 atom stereocenters. The number of nitro groups is 1. The third-order valence-corrected chi connectivity index (χ3v) is 5.07. The Bertz CT molecular complexity index is 636. The Balaban J connectivity index is 1.71. The number of nitrogens with one attached hydrogen (secondary N) is 1. The summed E-state index contributed by atoms with van der Waals surface area (Å²) in [7, 11) is 0. The maximum Gasteiger partial charge on any atom is 0.317 e. The number of amides is 2. The van der Waals surface area contributed by atoms with Crippen molar-refractivity contribution >= 4 is 29.0 Å². The summed E-state index contributed by atoms with van der Waals surface area (Å²) in [6, 6.07) is 3.25. The van der Waals surface area contributed by atoms with Gasteiger partial charge in [0.05, 0.1) is 15.6 Å². The average molecular weight is 353 g/mol. The van der Waals surface area contributed by atoms with Crippen LogP contribution in [0, 0.1) is 17.0 Å². The second kappa shape index (κ2) is 6.84. The van der Waals surface area contributed by atoms with E-state index in [-0.39, 0.29) is 17.8 Å². The fraction of sp³-hybridized carbons (Fsp3) is 0.562. The highest BCUT2D eigenvalue weighted by Gasteiger charge is 2.30. The number of carbonyl (C=O) groups is 1. The Hall–Kier alpha value is -2.02. The molecule has 2 amide bonds. The van der Waals surface area contributed by atoms with Crippen molar-refractivity contribution in [1.82, 2.24) is 10.2 Å². The number of anilines is 1. The SMILES string of the molecule is Cc1cc([N+](=O)[O-])cc(Cl)c1N1CCC(N2CCCNC2=O)CC1. The van der Waals surface area contributed by atoms with Crippen molar-refractivity contribution in [2.75, 3.05) is 31.1 Å². The Kier molecular flexibility index (Phi) is 4.80. The van der Waals surface area contributed by atoms with Crippen LogP contribution in [0.15, 0.2) is 12.1 Å². The van der Waals surface area contributed by atoms with Crippen LogP contribution in [0.3, 0.4) is 0 Å². The number of aryl methyl sites for hydroxylation is 1. The van der Waals surface area contributed by atoms with Gasteiger partial charge >= 0.3 is 6.03 Å². The minimum absolute atomic E-state index is 0.0149. The number of benzene rings is 1. The van der Waals surface area contributed by atoms with E-state index in [0.717, 1.165) is 56.7 Å². The third-order valence-electron chi connectivity index (χ3n) is 4.78. The van der Waals surface area contributed by atoms with E-state index in [9.17, 15) is 14.9 Å². The third kappa shape index (κ3) is 3.26. The molecule has 0 spiro atoms. The van der Waals surface area contributed by atoms with Crippen molar-refractivity contribution in [3.05, 3.63) is 32.8 Å². The van der Waals surface area contributed by atoms with Gasteiger partial charge in [-0.3, -0.25) is 10.1 Å². The summed E-state index contributed by atoms with van der Waals surface area (Å²) in [4.78, 5) is 26.6. The first kappa shape index (κ1) is 16.8. The second-order valence-corrected chi connectivity index (χ2v) is 6.75. The molecule has 3 rings (SSSR count). The van der Waals surface area contributed by atoms with Crippen LogP contribution in [0.4, 0.5) is 16.2 Å². The zero-order chi connectivity index (χ0) is 17.3. The number of nitro benzene ring substituents is 1. The van der Waals surface area contributed by atoms with E-state index in [1.54, 1.807) is 6.07 Å². The maximum atomic E-state index is 12.0. The topological polar surface area (TPSA) is 78.7 Å². The zero-order valence-corrected chi connectivity index (χ0v) is 14.4. The quantitative estimate of drug-likeness (QED) is 0.670. The van der Waals surface area contributed by atoms with Crippen LogP contribution in [0.2, 0.25) is 5.02 Å². The minimum atomic E-state index is -0.427. The molecule has 1 aromatic rings. The maximum absolute atomic E-state index is 12.0. The van der Waals surface area contributed by atoms with Crippen molar-refractivity contribution in [3.63, 3.8) is 0 Å². The van der Waals surface area contributed by atoms with Crippen LogP contribution in [0.25, 0.3) is 0 Å². The summed E-state index contributed by atoms with van der Waals surface area (Å²) in [5.41, 5.74) is 1.69. The molecule has 0 aromatic heterocycles. The summed E-state index contributed by atoms with van der Waals surface area (Å²) in [5.74, 6) is 0. The van der Waals surface area contributed by atoms with Crippen LogP contribution in [0.1, 0.15) is 24.8 Å². The summed E-state index contributed by atoms with van der Waals surface area (Å²) in [6.45, 7) is 4.98. The number of nitrogens with zero attached hydrogens (tertiary/aromatic N) is 3. The molecule has 7 nitrogen and oxygen atoms in total. The van der Waals surface area contributed by atoms with Gasteiger partial charge in [0.1, 0.15) is 0 Å². The van der Waals surface area contributed by atoms with E-state index < -0.39 is 4.92 Å². The lowest BCUT2D eigenvalue weighted by atomic mass is 10.0. The van der Waals surface area contributed by atoms with E-state index in [2.05, 4.69) is 10.2 Å². The molecule has 2 heterocycles. The van der Waals surface area contributed by atoms with Gasteiger partial charge in [-0.15, -0.1) is 0 Å². The van der Waals surface area contributed by atoms with E-state index in [1.807, 2.05) is 11.8 Å². The predicted molar refractivity (Wildman–Crippen MR) is 92.8 cm³/mol. The molecule has 0 saturated carbocycles. The van der Waals surface area contributed by atoms with E-state index >= 15 is 0 Å². The van der Waals surface area contributed by atoms with Crippen LogP contribution < -0.4 is 10.2 Å². The van der Waals surface area contributed by atoms with E-state index in [0.29, 0.717) is 5.02 Å². The van der Waals surface area contributed by atoms with Gasteiger partial charge in [-0.1, -0.05) is 11.6 Å². The summed E-state index contributed by atoms with van der Waals surface area (Å²) >= 11 is 6.30. The predicted octanol–water partition coefficient (Wildman–Crippen LogP) is 2.94. The average Bonchev–Trinajstić information content (AvgIpc) is 2.55. The Morgan fingerprint density at radius 1 is 1.29 bits per heavy atom. The molecule has 1 aromatic carbocycles. The number of non-ortho nitro benzene ring substituents is 1. The summed E-state index contributed by atoms with van der Waals surface area (Å²) in [6.07, 6.45) is 2.74. The Morgan fingerprint density at radius 2 is 2.00 bits per heavy atom. The normalized spacial score (nSPS) is 19.3. The number of hydrogen-bond acceptors (Lipinski definition) is 4. The Morgan fingerprint density at radius 3 is 2.58 bits per heavy atom. The van der Waals surface area contributed by atoms with Gasteiger partial charge in [0.25, 0.3) is 5.69 Å². The molecule has 2 aliphatic heterocycles. The molecular formula is C16H21ClN4O3. The molecule has 8 heteroatoms. The van der Waals surface area contributed by atoms with E-state index in [4.69, 9.17) is 11.6 Å². The molecule has 2 fully saturated rings. The molecule has 0 radical (unpaired) electrons. The first-order valence-electron chi connectivity index (χ1n) is 8.21. The number of halogens is 1. The second-order valence-electron chi connectivity index (χ2n) is 6.35. The smallest absolute Gasteiger partial charge is 0.317 e. The molecule has 2 aliphatic rings. The molecular weight excluding hydrogens is 332 g/mol. The molecule has 1 N–H and O–H groups in total. The van der Waals surface area contributed by atoms with Gasteiger partial charge in [-0.25, -0.2) is 4.79 Å². The number of urea groups is 1. The van der Waals surface area contributed by atoms with Gasteiger partial charge in [-0.05, 0) is 31.7 Å². The number of piperidine rings is 1. The highest BCUT2D eigenvalue weighted by molar-refractivity contribution is 6.33. The van der Waals surface area contributed by atoms with Gasteiger partial charge in [0.15, 0.2) is 0 Å². The van der Waals surface area contributed by atoms with Crippen molar-refractivity contribution in [1.29, 1.82) is 0 Å². The lowest BCUT2D eigenvalue weighted by Crippen LogP contribution is -2.54. The lowest BCUT2D eigenvalue weighted by Gasteiger charge is -2.41.